The van der Waals surface area contributed by atoms with E-state index in [1.807, 2.05) is 19.1 Å². The van der Waals surface area contributed by atoms with Gasteiger partial charge in [0.05, 0.1) is 0 Å². The van der Waals surface area contributed by atoms with Crippen molar-refractivity contribution in [1.29, 1.82) is 0 Å². The minimum atomic E-state index is -0.645. The number of likely N-dealkylation sites (tertiary alicyclic amines) is 1. The van der Waals surface area contributed by atoms with Crippen molar-refractivity contribution < 1.29 is 23.5 Å². The summed E-state index contributed by atoms with van der Waals surface area (Å²) in [5, 5.41) is 3.31. The van der Waals surface area contributed by atoms with E-state index in [2.05, 4.69) is 17.3 Å². The minimum Gasteiger partial charge on any atom is -0.490 e. The van der Waals surface area contributed by atoms with Gasteiger partial charge in [0.25, 0.3) is 5.91 Å². The van der Waals surface area contributed by atoms with Crippen LogP contribution in [0.25, 0.3) is 11.0 Å². The molecule has 178 valence electrons. The number of nitrogens with one attached hydrogen (secondary N) is 1. The highest BCUT2D eigenvalue weighted by molar-refractivity contribution is 6.05. The summed E-state index contributed by atoms with van der Waals surface area (Å²) in [5.74, 6) is 0.167. The molecule has 0 bridgehead atoms. The summed E-state index contributed by atoms with van der Waals surface area (Å²) < 4.78 is 16.9. The van der Waals surface area contributed by atoms with Crippen LogP contribution in [0, 0.1) is 13.8 Å². The second-order valence-electron chi connectivity index (χ2n) is 8.70. The van der Waals surface area contributed by atoms with Crippen molar-refractivity contribution in [3.63, 3.8) is 0 Å². The zero-order chi connectivity index (χ0) is 24.4. The monoisotopic (exact) mass is 464 g/mol. The van der Waals surface area contributed by atoms with E-state index in [0.717, 1.165) is 31.5 Å². The second kappa shape index (κ2) is 9.69. The molecule has 2 heterocycles. The molecule has 8 heteroatoms. The highest BCUT2D eigenvalue weighted by Crippen LogP contribution is 2.30. The highest BCUT2D eigenvalue weighted by atomic mass is 16.5. The van der Waals surface area contributed by atoms with Crippen LogP contribution in [0.4, 0.5) is 5.69 Å². The number of aryl methyl sites for hydroxylation is 2. The van der Waals surface area contributed by atoms with Crippen LogP contribution < -0.4 is 20.4 Å². The maximum atomic E-state index is 12.7. The summed E-state index contributed by atoms with van der Waals surface area (Å²) >= 11 is 0. The quantitative estimate of drug-likeness (QED) is 0.345. The van der Waals surface area contributed by atoms with Gasteiger partial charge in [-0.15, -0.1) is 0 Å². The number of nitrogens with zero attached hydrogens (tertiary/aromatic N) is 1. The molecule has 0 saturated carbocycles. The summed E-state index contributed by atoms with van der Waals surface area (Å²) in [4.78, 5) is 38.8. The Morgan fingerprint density at radius 3 is 2.44 bits per heavy atom. The molecule has 0 spiro atoms. The molecule has 3 aromatic rings. The fraction of sp³-hybridized carbons (Fsp3) is 0.346. The zero-order valence-corrected chi connectivity index (χ0v) is 19.8. The van der Waals surface area contributed by atoms with Gasteiger partial charge < -0.3 is 24.1 Å². The Kier molecular flexibility index (Phi) is 6.70. The van der Waals surface area contributed by atoms with Crippen molar-refractivity contribution in [2.75, 3.05) is 25.5 Å². The molecule has 8 nitrogen and oxygen atoms in total. The first-order valence-corrected chi connectivity index (χ1v) is 11.2. The fourth-order valence-corrected chi connectivity index (χ4v) is 4.06. The largest absolute Gasteiger partial charge is 0.490 e. The minimum absolute atomic E-state index is 0.0441. The zero-order valence-electron chi connectivity index (χ0n) is 19.8. The van der Waals surface area contributed by atoms with Crippen LogP contribution in [0.15, 0.2) is 45.6 Å². The molecule has 34 heavy (non-hydrogen) atoms. The molecule has 1 aliphatic heterocycles. The van der Waals surface area contributed by atoms with Crippen molar-refractivity contribution in [3.05, 3.63) is 63.5 Å². The summed E-state index contributed by atoms with van der Waals surface area (Å²) in [6.45, 7) is 6.88. The van der Waals surface area contributed by atoms with Gasteiger partial charge in [-0.3, -0.25) is 9.59 Å². The summed E-state index contributed by atoms with van der Waals surface area (Å²) in [6, 6.07) is 9.96. The average Bonchev–Trinajstić information content (AvgIpc) is 2.79. The van der Waals surface area contributed by atoms with Gasteiger partial charge in [-0.1, -0.05) is 0 Å². The highest BCUT2D eigenvalue weighted by Gasteiger charge is 2.20. The number of fused-ring (bicyclic) bond motifs is 1. The molecule has 1 aliphatic rings. The molecule has 1 aromatic heterocycles. The van der Waals surface area contributed by atoms with Crippen LogP contribution in [-0.2, 0) is 4.79 Å². The number of anilines is 1. The molecular formula is C26H28N2O6. The number of esters is 1. The molecule has 0 aliphatic carbocycles. The van der Waals surface area contributed by atoms with E-state index < -0.39 is 17.5 Å². The van der Waals surface area contributed by atoms with E-state index in [9.17, 15) is 14.4 Å². The number of hydrogen-bond acceptors (Lipinski definition) is 7. The van der Waals surface area contributed by atoms with Crippen LogP contribution in [-0.4, -0.2) is 43.0 Å². The van der Waals surface area contributed by atoms with Gasteiger partial charge in [-0.2, -0.15) is 0 Å². The maximum absolute atomic E-state index is 12.7. The van der Waals surface area contributed by atoms with Crippen LogP contribution in [0.2, 0.25) is 0 Å². The third-order valence-corrected chi connectivity index (χ3v) is 6.00. The Bertz CT molecular complexity index is 1300. The van der Waals surface area contributed by atoms with Crippen LogP contribution >= 0.6 is 0 Å². The number of amides is 1. The van der Waals surface area contributed by atoms with Crippen molar-refractivity contribution >= 4 is 28.5 Å². The first-order valence-electron chi connectivity index (χ1n) is 11.2. The molecule has 1 N–H and O–H groups in total. The van der Waals surface area contributed by atoms with E-state index in [1.54, 1.807) is 25.1 Å². The molecular weight excluding hydrogens is 436 g/mol. The van der Waals surface area contributed by atoms with Gasteiger partial charge >= 0.3 is 11.6 Å². The maximum Gasteiger partial charge on any atom is 0.360 e. The Labute approximate surface area is 197 Å². The summed E-state index contributed by atoms with van der Waals surface area (Å²) in [6.07, 6.45) is 2.03. The molecule has 2 aromatic carbocycles. The van der Waals surface area contributed by atoms with Crippen LogP contribution in [0.3, 0.4) is 0 Å². The lowest BCUT2D eigenvalue weighted by Crippen LogP contribution is -2.35. The Balaban J connectivity index is 1.54. The molecule has 0 atom stereocenters. The molecule has 1 amide bonds. The number of rotatable bonds is 5. The smallest absolute Gasteiger partial charge is 0.360 e. The number of carbonyl (C=O) groups excluding carboxylic acids is 2. The van der Waals surface area contributed by atoms with Gasteiger partial charge in [-0.25, -0.2) is 4.79 Å². The number of piperidine rings is 1. The molecule has 0 radical (unpaired) electrons. The lowest BCUT2D eigenvalue weighted by atomic mass is 10.1. The van der Waals surface area contributed by atoms with Crippen molar-refractivity contribution in [3.8, 4) is 11.5 Å². The first kappa shape index (κ1) is 23.5. The van der Waals surface area contributed by atoms with Gasteiger partial charge in [-0.05, 0) is 75.7 Å². The van der Waals surface area contributed by atoms with E-state index in [4.69, 9.17) is 13.9 Å². The molecule has 0 unspecified atom stereocenters. The fourth-order valence-electron chi connectivity index (χ4n) is 4.06. The van der Waals surface area contributed by atoms with E-state index in [-0.39, 0.29) is 11.8 Å². The number of hydrogen-bond donors (Lipinski definition) is 1. The van der Waals surface area contributed by atoms with E-state index >= 15 is 0 Å². The number of ether oxygens (including phenoxy) is 2. The lowest BCUT2D eigenvalue weighted by molar-refractivity contribution is -0.131. The third-order valence-electron chi connectivity index (χ3n) is 6.00. The molecule has 1 saturated heterocycles. The summed E-state index contributed by atoms with van der Waals surface area (Å²) in [7, 11) is 2.10. The first-order chi connectivity index (χ1) is 16.2. The van der Waals surface area contributed by atoms with E-state index in [1.165, 1.54) is 13.0 Å². The van der Waals surface area contributed by atoms with Gasteiger partial charge in [0.1, 0.15) is 28.9 Å². The summed E-state index contributed by atoms with van der Waals surface area (Å²) in [5.41, 5.74) is 1.54. The van der Waals surface area contributed by atoms with Gasteiger partial charge in [0.15, 0.2) is 0 Å². The van der Waals surface area contributed by atoms with Gasteiger partial charge in [0.2, 0.25) is 0 Å². The molecule has 1 fully saturated rings. The SMILES string of the molecule is CC(=O)Oc1ccc(C(=O)Nc2cc3ccc(OC4CCN(C)CC4)c(C)c3oc2=O)cc1C. The predicted octanol–water partition coefficient (Wildman–Crippen LogP) is 4.06. The van der Waals surface area contributed by atoms with Crippen molar-refractivity contribution in [2.45, 2.75) is 39.7 Å². The Morgan fingerprint density at radius 2 is 1.76 bits per heavy atom. The molecule has 4 rings (SSSR count). The van der Waals surface area contributed by atoms with Crippen molar-refractivity contribution in [2.24, 2.45) is 0 Å². The normalized spacial score (nSPS) is 14.7. The predicted molar refractivity (Wildman–Crippen MR) is 129 cm³/mol. The number of carbonyl (C=O) groups is 2. The topological polar surface area (TPSA) is 98.1 Å². The Hall–Kier alpha value is -3.65. The Morgan fingerprint density at radius 1 is 1.06 bits per heavy atom. The van der Waals surface area contributed by atoms with Crippen LogP contribution in [0.5, 0.6) is 11.5 Å². The average molecular weight is 465 g/mol. The standard InChI is InChI=1S/C26H28N2O6/c1-15-13-19(6-7-22(15)32-17(3)29)25(30)27-21-14-18-5-8-23(16(2)24(18)34-26(21)31)33-20-9-11-28(4)12-10-20/h5-8,13-14,20H,9-12H2,1-4H3,(H,27,30). The lowest BCUT2D eigenvalue weighted by Gasteiger charge is -2.29. The van der Waals surface area contributed by atoms with Crippen LogP contribution in [0.1, 0.15) is 41.3 Å². The number of benzene rings is 2. The van der Waals surface area contributed by atoms with Gasteiger partial charge in [0, 0.05) is 36.5 Å². The van der Waals surface area contributed by atoms with E-state index in [0.29, 0.717) is 33.6 Å². The second-order valence-corrected chi connectivity index (χ2v) is 8.70. The van der Waals surface area contributed by atoms with Crippen molar-refractivity contribution in [1.82, 2.24) is 4.90 Å². The third kappa shape index (κ3) is 5.12.